The van der Waals surface area contributed by atoms with Crippen molar-refractivity contribution in [1.29, 1.82) is 0 Å². The lowest BCUT2D eigenvalue weighted by molar-refractivity contribution is -0.141. The highest BCUT2D eigenvalue weighted by molar-refractivity contribution is 5.71. The minimum atomic E-state index is -0.346. The zero-order valence-electron chi connectivity index (χ0n) is 17.1. The van der Waals surface area contributed by atoms with E-state index in [-0.39, 0.29) is 30.7 Å². The number of ether oxygens (including phenoxy) is 3. The Hall–Kier alpha value is -3.78. The molecule has 0 aliphatic carbocycles. The predicted octanol–water partition coefficient (Wildman–Crippen LogP) is 4.84. The molecule has 4 nitrogen and oxygen atoms in total. The van der Waals surface area contributed by atoms with Crippen LogP contribution in [0.15, 0.2) is 66.7 Å². The van der Waals surface area contributed by atoms with Gasteiger partial charge in [0.1, 0.15) is 23.9 Å². The second kappa shape index (κ2) is 9.36. The third-order valence-electron chi connectivity index (χ3n) is 5.07. The number of halogens is 1. The highest BCUT2D eigenvalue weighted by Crippen LogP contribution is 2.38. The summed E-state index contributed by atoms with van der Waals surface area (Å²) in [4.78, 5) is 11.5. The van der Waals surface area contributed by atoms with Gasteiger partial charge in [-0.3, -0.25) is 4.79 Å². The van der Waals surface area contributed by atoms with Crippen molar-refractivity contribution >= 4 is 5.97 Å². The molecule has 0 radical (unpaired) electrons. The van der Waals surface area contributed by atoms with Crippen molar-refractivity contribution in [3.63, 3.8) is 0 Å². The number of methoxy groups -OCH3 is 1. The van der Waals surface area contributed by atoms with E-state index in [1.54, 1.807) is 24.3 Å². The van der Waals surface area contributed by atoms with E-state index < -0.39 is 0 Å². The molecule has 0 amide bonds. The molecule has 0 aromatic heterocycles. The average molecular weight is 416 g/mol. The summed E-state index contributed by atoms with van der Waals surface area (Å²) < 4.78 is 30.5. The van der Waals surface area contributed by atoms with Gasteiger partial charge in [0.15, 0.2) is 0 Å². The largest absolute Gasteiger partial charge is 0.492 e. The van der Waals surface area contributed by atoms with Crippen molar-refractivity contribution in [2.45, 2.75) is 18.9 Å². The number of rotatable bonds is 5. The number of carbonyl (C=O) groups excluding carboxylic acids is 1. The summed E-state index contributed by atoms with van der Waals surface area (Å²) in [6.07, 6.45) is 0.270. The summed E-state index contributed by atoms with van der Waals surface area (Å²) in [5.41, 5.74) is 2.98. The predicted molar refractivity (Wildman–Crippen MR) is 114 cm³/mol. The first-order valence-corrected chi connectivity index (χ1v) is 9.94. The normalized spacial score (nSPS) is 14.1. The standard InChI is InChI=1S/C26H21FO4/c1-29-26(28)14-20-16-31-25-15-22(10-11-23(20)25)30-17-21-13-19(9-12-24(21)27)8-7-18-5-3-2-4-6-18/h2-6,9-13,15,20H,14,16-17H2,1H3. The van der Waals surface area contributed by atoms with Crippen molar-refractivity contribution in [2.75, 3.05) is 13.7 Å². The summed E-state index contributed by atoms with van der Waals surface area (Å²) in [5, 5.41) is 0. The van der Waals surface area contributed by atoms with Gasteiger partial charge in [0.2, 0.25) is 0 Å². The molecule has 3 aromatic rings. The molecule has 31 heavy (non-hydrogen) atoms. The highest BCUT2D eigenvalue weighted by atomic mass is 19.1. The van der Waals surface area contributed by atoms with E-state index in [1.807, 2.05) is 36.4 Å². The van der Waals surface area contributed by atoms with Crippen LogP contribution in [0.3, 0.4) is 0 Å². The molecule has 0 N–H and O–H groups in total. The summed E-state index contributed by atoms with van der Waals surface area (Å²) in [5.74, 6) is 6.72. The molecule has 0 saturated heterocycles. The molecule has 1 aliphatic heterocycles. The van der Waals surface area contributed by atoms with Crippen LogP contribution in [0.5, 0.6) is 11.5 Å². The Kier molecular flexibility index (Phi) is 6.18. The number of hydrogen-bond donors (Lipinski definition) is 0. The van der Waals surface area contributed by atoms with Crippen LogP contribution in [0.25, 0.3) is 0 Å². The maximum absolute atomic E-state index is 14.3. The van der Waals surface area contributed by atoms with Gasteiger partial charge in [-0.2, -0.15) is 0 Å². The number of carbonyl (C=O) groups is 1. The molecule has 1 unspecified atom stereocenters. The van der Waals surface area contributed by atoms with Gasteiger partial charge in [0, 0.05) is 34.2 Å². The lowest BCUT2D eigenvalue weighted by atomic mass is 9.98. The van der Waals surface area contributed by atoms with Crippen LogP contribution in [0.1, 0.15) is 34.6 Å². The Morgan fingerprint density at radius 3 is 2.68 bits per heavy atom. The second-order valence-electron chi connectivity index (χ2n) is 7.20. The molecule has 5 heteroatoms. The van der Waals surface area contributed by atoms with Gasteiger partial charge in [-0.15, -0.1) is 0 Å². The fraction of sp³-hybridized carbons (Fsp3) is 0.192. The van der Waals surface area contributed by atoms with Crippen molar-refractivity contribution in [2.24, 2.45) is 0 Å². The van der Waals surface area contributed by atoms with Crippen LogP contribution >= 0.6 is 0 Å². The van der Waals surface area contributed by atoms with Crippen molar-refractivity contribution < 1.29 is 23.4 Å². The maximum atomic E-state index is 14.3. The monoisotopic (exact) mass is 416 g/mol. The molecule has 1 atom stereocenters. The Morgan fingerprint density at radius 1 is 1.06 bits per heavy atom. The summed E-state index contributed by atoms with van der Waals surface area (Å²) in [6.45, 7) is 0.488. The van der Waals surface area contributed by atoms with Gasteiger partial charge in [-0.25, -0.2) is 4.39 Å². The Morgan fingerprint density at radius 2 is 1.87 bits per heavy atom. The van der Waals surface area contributed by atoms with E-state index in [1.165, 1.54) is 13.2 Å². The van der Waals surface area contributed by atoms with Gasteiger partial charge in [0.25, 0.3) is 0 Å². The van der Waals surface area contributed by atoms with Gasteiger partial charge in [-0.05, 0) is 36.4 Å². The lowest BCUT2D eigenvalue weighted by Crippen LogP contribution is -2.09. The SMILES string of the molecule is COC(=O)CC1COc2cc(OCc3cc(C#Cc4ccccc4)ccc3F)ccc21. The van der Waals surface area contributed by atoms with E-state index in [0.717, 1.165) is 11.1 Å². The average Bonchev–Trinajstić information content (AvgIpc) is 3.20. The summed E-state index contributed by atoms with van der Waals surface area (Å²) in [7, 11) is 1.37. The number of hydrogen-bond acceptors (Lipinski definition) is 4. The topological polar surface area (TPSA) is 44.8 Å². The Labute approximate surface area is 180 Å². The molecule has 4 rings (SSSR count). The van der Waals surface area contributed by atoms with E-state index >= 15 is 0 Å². The van der Waals surface area contributed by atoms with Crippen molar-refractivity contribution in [3.05, 3.63) is 94.8 Å². The maximum Gasteiger partial charge on any atom is 0.306 e. The first-order chi connectivity index (χ1) is 15.1. The number of esters is 1. The number of fused-ring (bicyclic) bond motifs is 1. The zero-order valence-corrected chi connectivity index (χ0v) is 17.1. The lowest BCUT2D eigenvalue weighted by Gasteiger charge is -2.10. The van der Waals surface area contributed by atoms with Gasteiger partial charge < -0.3 is 14.2 Å². The molecule has 0 bridgehead atoms. The minimum absolute atomic E-state index is 0.0335. The third-order valence-corrected chi connectivity index (χ3v) is 5.07. The first-order valence-electron chi connectivity index (χ1n) is 9.94. The summed E-state index contributed by atoms with van der Waals surface area (Å²) in [6, 6.07) is 19.8. The summed E-state index contributed by atoms with van der Waals surface area (Å²) >= 11 is 0. The number of benzene rings is 3. The van der Waals surface area contributed by atoms with E-state index in [2.05, 4.69) is 11.8 Å². The fourth-order valence-corrected chi connectivity index (χ4v) is 3.39. The Bertz CT molecular complexity index is 1150. The molecule has 0 spiro atoms. The van der Waals surface area contributed by atoms with Crippen LogP contribution < -0.4 is 9.47 Å². The van der Waals surface area contributed by atoms with Crippen LogP contribution in [0.2, 0.25) is 0 Å². The molecule has 3 aromatic carbocycles. The quantitative estimate of drug-likeness (QED) is 0.441. The minimum Gasteiger partial charge on any atom is -0.492 e. The van der Waals surface area contributed by atoms with Crippen LogP contribution in [0.4, 0.5) is 4.39 Å². The smallest absolute Gasteiger partial charge is 0.306 e. The zero-order chi connectivity index (χ0) is 21.6. The van der Waals surface area contributed by atoms with Crippen LogP contribution in [-0.4, -0.2) is 19.7 Å². The first kappa shape index (κ1) is 20.5. The molecule has 0 fully saturated rings. The molecule has 0 saturated carbocycles. The van der Waals surface area contributed by atoms with E-state index in [4.69, 9.17) is 14.2 Å². The van der Waals surface area contributed by atoms with Gasteiger partial charge in [-0.1, -0.05) is 36.1 Å². The van der Waals surface area contributed by atoms with Crippen LogP contribution in [-0.2, 0) is 16.1 Å². The second-order valence-corrected chi connectivity index (χ2v) is 7.20. The molecule has 156 valence electrons. The van der Waals surface area contributed by atoms with Crippen molar-refractivity contribution in [1.82, 2.24) is 0 Å². The van der Waals surface area contributed by atoms with Gasteiger partial charge >= 0.3 is 5.97 Å². The molecular weight excluding hydrogens is 395 g/mol. The van der Waals surface area contributed by atoms with Crippen LogP contribution in [0, 0.1) is 17.7 Å². The molecule has 1 aliphatic rings. The van der Waals surface area contributed by atoms with Crippen molar-refractivity contribution in [3.8, 4) is 23.3 Å². The van der Waals surface area contributed by atoms with E-state index in [9.17, 15) is 9.18 Å². The van der Waals surface area contributed by atoms with Gasteiger partial charge in [0.05, 0.1) is 20.1 Å². The van der Waals surface area contributed by atoms with E-state index in [0.29, 0.717) is 29.2 Å². The fourth-order valence-electron chi connectivity index (χ4n) is 3.39. The highest BCUT2D eigenvalue weighted by Gasteiger charge is 2.27. The third kappa shape index (κ3) is 5.04. The molecule has 1 heterocycles. The Balaban J connectivity index is 1.44. The molecular formula is C26H21FO4.